The Hall–Kier alpha value is -4.09. The van der Waals surface area contributed by atoms with Crippen LogP contribution in [0.1, 0.15) is 46.5 Å². The first-order chi connectivity index (χ1) is 22.3. The molecule has 1 unspecified atom stereocenters. The minimum atomic E-state index is -1.64. The molecule has 4 amide bonds. The average Bonchev–Trinajstić information content (AvgIpc) is 3.37. The van der Waals surface area contributed by atoms with Gasteiger partial charge in [-0.15, -0.1) is 0 Å². The largest absolute Gasteiger partial charge is 0.472 e. The van der Waals surface area contributed by atoms with E-state index in [1.165, 1.54) is 16.0 Å². The second kappa shape index (κ2) is 10.5. The Morgan fingerprint density at radius 1 is 1.26 bits per heavy atom. The van der Waals surface area contributed by atoms with Crippen molar-refractivity contribution in [1.29, 1.82) is 5.26 Å². The van der Waals surface area contributed by atoms with Gasteiger partial charge in [-0.25, -0.2) is 22.9 Å². The smallest absolute Gasteiger partial charge is 0.408 e. The van der Waals surface area contributed by atoms with E-state index in [2.05, 4.69) is 21.7 Å². The molecular weight excluding hydrogens is 621 g/mol. The van der Waals surface area contributed by atoms with Gasteiger partial charge < -0.3 is 29.9 Å². The summed E-state index contributed by atoms with van der Waals surface area (Å²) in [5.41, 5.74) is -4.90. The number of nitrogens with zero attached hydrogens (tertiary/aromatic N) is 4. The first-order valence-electron chi connectivity index (χ1n) is 16.0. The number of carbonyl (C=O) groups is 4. The van der Waals surface area contributed by atoms with Gasteiger partial charge in [0, 0.05) is 24.6 Å². The third kappa shape index (κ3) is 4.28. The van der Waals surface area contributed by atoms with E-state index in [-0.39, 0.29) is 43.6 Å². The summed E-state index contributed by atoms with van der Waals surface area (Å²) in [6, 6.07) is 3.03. The van der Waals surface area contributed by atoms with Gasteiger partial charge in [0.2, 0.25) is 17.4 Å². The van der Waals surface area contributed by atoms with Crippen molar-refractivity contribution in [2.24, 2.45) is 28.6 Å². The van der Waals surface area contributed by atoms with E-state index in [4.69, 9.17) is 9.47 Å². The van der Waals surface area contributed by atoms with Crippen LogP contribution in [0, 0.1) is 39.9 Å². The molecular formula is C32H37F3N6O6. The van der Waals surface area contributed by atoms with Crippen LogP contribution in [0.5, 0.6) is 5.75 Å². The molecule has 2 spiro atoms. The Morgan fingerprint density at radius 2 is 2.00 bits per heavy atom. The highest BCUT2D eigenvalue weighted by Gasteiger charge is 2.90. The summed E-state index contributed by atoms with van der Waals surface area (Å²) in [6.45, 7) is 2.44. The highest BCUT2D eigenvalue weighted by molar-refractivity contribution is 6.03. The molecule has 15 heteroatoms. The van der Waals surface area contributed by atoms with E-state index < -0.39 is 89.4 Å². The molecule has 3 aliphatic carbocycles. The van der Waals surface area contributed by atoms with E-state index in [0.717, 1.165) is 0 Å². The summed E-state index contributed by atoms with van der Waals surface area (Å²) in [5, 5.41) is 15.4. The fraction of sp³-hybridized carbons (Fsp3) is 0.688. The molecule has 7 rings (SSSR count). The highest BCUT2D eigenvalue weighted by atomic mass is 19.1. The second-order valence-corrected chi connectivity index (χ2v) is 14.9. The van der Waals surface area contributed by atoms with Crippen molar-refractivity contribution in [3.05, 3.63) is 18.3 Å². The number of alkyl carbamates (subject to hydrolysis) is 1. The Labute approximate surface area is 269 Å². The lowest BCUT2D eigenvalue weighted by atomic mass is 9.75. The van der Waals surface area contributed by atoms with Crippen molar-refractivity contribution < 1.29 is 41.8 Å². The summed E-state index contributed by atoms with van der Waals surface area (Å²) in [6.07, 6.45) is -1.51. The van der Waals surface area contributed by atoms with Crippen LogP contribution >= 0.6 is 0 Å². The molecule has 9 atom stereocenters. The van der Waals surface area contributed by atoms with Crippen LogP contribution in [0.4, 0.5) is 23.8 Å². The molecule has 2 bridgehead atoms. The van der Waals surface area contributed by atoms with Crippen LogP contribution in [-0.2, 0) is 19.1 Å². The maximum atomic E-state index is 15.5. The zero-order valence-corrected chi connectivity index (χ0v) is 26.3. The van der Waals surface area contributed by atoms with Gasteiger partial charge >= 0.3 is 6.09 Å². The molecule has 3 aliphatic heterocycles. The normalized spacial score (nSPS) is 36.6. The van der Waals surface area contributed by atoms with Gasteiger partial charge in [-0.2, -0.15) is 5.26 Å². The van der Waals surface area contributed by atoms with Crippen LogP contribution in [0.3, 0.4) is 0 Å². The topological polar surface area (TPSA) is 154 Å². The van der Waals surface area contributed by atoms with E-state index in [9.17, 15) is 33.2 Å². The van der Waals surface area contributed by atoms with E-state index in [1.807, 2.05) is 0 Å². The monoisotopic (exact) mass is 658 g/mol. The Balaban J connectivity index is 1.23. The molecule has 3 saturated carbocycles. The van der Waals surface area contributed by atoms with Gasteiger partial charge in [0.25, 0.3) is 5.91 Å². The third-order valence-electron chi connectivity index (χ3n) is 11.5. The Bertz CT molecular complexity index is 1580. The number of alkyl halides is 3. The number of ether oxygens (including phenoxy) is 2. The summed E-state index contributed by atoms with van der Waals surface area (Å²) in [7, 11) is 0. The molecule has 6 aliphatic rings. The fourth-order valence-corrected chi connectivity index (χ4v) is 9.45. The zero-order valence-electron chi connectivity index (χ0n) is 26.3. The van der Waals surface area contributed by atoms with Gasteiger partial charge in [-0.3, -0.25) is 14.4 Å². The third-order valence-corrected chi connectivity index (χ3v) is 11.5. The Kier molecular flexibility index (Phi) is 7.01. The van der Waals surface area contributed by atoms with E-state index in [1.54, 1.807) is 32.9 Å². The number of fused-ring (bicyclic) bond motifs is 4. The number of aromatic nitrogens is 1. The fourth-order valence-electron chi connectivity index (χ4n) is 9.45. The van der Waals surface area contributed by atoms with Crippen molar-refractivity contribution in [3.63, 3.8) is 0 Å². The average molecular weight is 659 g/mol. The molecule has 0 radical (unpaired) electrons. The van der Waals surface area contributed by atoms with Crippen molar-refractivity contribution in [1.82, 2.24) is 20.1 Å². The zero-order chi connectivity index (χ0) is 33.7. The lowest BCUT2D eigenvalue weighted by molar-refractivity contribution is -0.151. The molecule has 5 fully saturated rings. The van der Waals surface area contributed by atoms with Gasteiger partial charge in [-0.1, -0.05) is 20.8 Å². The number of halogens is 3. The van der Waals surface area contributed by atoms with E-state index in [0.29, 0.717) is 18.6 Å². The van der Waals surface area contributed by atoms with Crippen LogP contribution < -0.4 is 15.4 Å². The SMILES string of the molecule is CC(C)(C)[C@H](NC(=O)OC(CF)CF)C(=O)N1C[C@@H]2[C@@H]3C[C@@H](F)[C@@H](C3)[C@@]23CC13C(=O)N1C[C@@]2(C[C@H]1C#N)Oc1cccnc1NC2=O. The summed E-state index contributed by atoms with van der Waals surface area (Å²) in [5.74, 6) is -1.91. The maximum absolute atomic E-state index is 15.5. The quantitative estimate of drug-likeness (QED) is 0.473. The van der Waals surface area contributed by atoms with Gasteiger partial charge in [0.05, 0.1) is 12.6 Å². The number of anilines is 1. The molecule has 1 aromatic heterocycles. The predicted octanol–water partition coefficient (Wildman–Crippen LogP) is 2.69. The van der Waals surface area contributed by atoms with Crippen molar-refractivity contribution in [3.8, 4) is 11.8 Å². The standard InChI is InChI=1S/C32H37F3N6O6/c1-29(2,3)23(38-28(45)46-18(10-33)11-34)25(42)41-13-20-16-7-19(21(35)8-16)31(20)14-32(31,41)27(44)40-15-30(9-17(40)12-36)26(43)39-24-22(47-30)5-4-6-37-24/h4-6,16-21,23H,7-11,13-15H2,1-3H3,(H,38,45)(H,37,39,43)/t16-,17-,19+,20+,21+,23+,30+,31-,32?/m0/s1. The highest BCUT2D eigenvalue weighted by Crippen LogP contribution is 2.82. The molecule has 4 heterocycles. The number of hydrogen-bond donors (Lipinski definition) is 2. The number of rotatable bonds is 6. The number of nitriles is 1. The molecule has 47 heavy (non-hydrogen) atoms. The van der Waals surface area contributed by atoms with Crippen LogP contribution in [-0.4, -0.2) is 101 Å². The van der Waals surface area contributed by atoms with Gasteiger partial charge in [0.1, 0.15) is 37.1 Å². The number of pyridine rings is 1. The minimum absolute atomic E-state index is 0.0449. The number of hydrogen-bond acceptors (Lipinski definition) is 8. The maximum Gasteiger partial charge on any atom is 0.408 e. The van der Waals surface area contributed by atoms with Gasteiger partial charge in [-0.05, 0) is 54.6 Å². The van der Waals surface area contributed by atoms with E-state index >= 15 is 4.39 Å². The number of nitrogens with one attached hydrogen (secondary N) is 2. The van der Waals surface area contributed by atoms with Crippen LogP contribution in [0.15, 0.2) is 18.3 Å². The minimum Gasteiger partial charge on any atom is -0.472 e. The number of carbonyl (C=O) groups excluding carboxylic acids is 4. The lowest BCUT2D eigenvalue weighted by Gasteiger charge is -2.39. The van der Waals surface area contributed by atoms with Crippen LogP contribution in [0.25, 0.3) is 0 Å². The number of amides is 4. The van der Waals surface area contributed by atoms with Crippen LogP contribution in [0.2, 0.25) is 0 Å². The van der Waals surface area contributed by atoms with Crippen molar-refractivity contribution >= 4 is 29.6 Å². The Morgan fingerprint density at radius 3 is 2.68 bits per heavy atom. The number of likely N-dealkylation sites (tertiary alicyclic amines) is 2. The summed E-state index contributed by atoms with van der Waals surface area (Å²) in [4.78, 5) is 62.5. The van der Waals surface area contributed by atoms with Crippen molar-refractivity contribution in [2.45, 2.75) is 82.0 Å². The predicted molar refractivity (Wildman–Crippen MR) is 157 cm³/mol. The first-order valence-corrected chi connectivity index (χ1v) is 16.0. The molecule has 1 aromatic rings. The van der Waals surface area contributed by atoms with Gasteiger partial charge in [0.15, 0.2) is 17.7 Å². The molecule has 0 aromatic carbocycles. The van der Waals surface area contributed by atoms with Crippen molar-refractivity contribution in [2.75, 3.05) is 31.8 Å². The number of piperidine rings is 1. The lowest BCUT2D eigenvalue weighted by Crippen LogP contribution is -2.61. The molecule has 12 nitrogen and oxygen atoms in total. The second-order valence-electron chi connectivity index (χ2n) is 14.9. The summed E-state index contributed by atoms with van der Waals surface area (Å²) < 4.78 is 52.7. The molecule has 252 valence electrons. The summed E-state index contributed by atoms with van der Waals surface area (Å²) >= 11 is 0. The first kappa shape index (κ1) is 31.5. The molecule has 2 N–H and O–H groups in total. The molecule has 2 saturated heterocycles.